The molecule has 19 heavy (non-hydrogen) atoms. The summed E-state index contributed by atoms with van der Waals surface area (Å²) in [7, 11) is 0. The van der Waals surface area contributed by atoms with Crippen molar-refractivity contribution in [1.29, 1.82) is 0 Å². The van der Waals surface area contributed by atoms with E-state index in [4.69, 9.17) is 4.74 Å². The van der Waals surface area contributed by atoms with Gasteiger partial charge in [0.15, 0.2) is 6.17 Å². The highest BCUT2D eigenvalue weighted by atomic mass is 16.6. The quantitative estimate of drug-likeness (QED) is 0.717. The van der Waals surface area contributed by atoms with Gasteiger partial charge in [-0.1, -0.05) is 6.92 Å². The Morgan fingerprint density at radius 3 is 2.21 bits per heavy atom. The molecule has 1 N–H and O–H groups in total. The number of hydrogen-bond acceptors (Lipinski definition) is 5. The second-order valence-electron chi connectivity index (χ2n) is 4.44. The van der Waals surface area contributed by atoms with Gasteiger partial charge in [0.05, 0.1) is 6.10 Å². The van der Waals surface area contributed by atoms with Crippen LogP contribution >= 0.6 is 0 Å². The predicted octanol–water partition coefficient (Wildman–Crippen LogP) is 1.86. The summed E-state index contributed by atoms with van der Waals surface area (Å²) in [4.78, 5) is 35.5. The Morgan fingerprint density at radius 2 is 1.84 bits per heavy atom. The van der Waals surface area contributed by atoms with E-state index in [9.17, 15) is 14.5 Å². The summed E-state index contributed by atoms with van der Waals surface area (Å²) in [6.45, 7) is 8.86. The van der Waals surface area contributed by atoms with Crippen LogP contribution < -0.4 is 5.32 Å². The fourth-order valence-electron chi connectivity index (χ4n) is 1.60. The van der Waals surface area contributed by atoms with E-state index in [1.807, 2.05) is 0 Å². The number of hydrogen-bond donors (Lipinski definition) is 1. The minimum atomic E-state index is -0.762. The summed E-state index contributed by atoms with van der Waals surface area (Å²) in [5, 5.41) is 5.35. The number of nitrogens with one attached hydrogen (secondary N) is 1. The molecule has 2 amide bonds. The van der Waals surface area contributed by atoms with Gasteiger partial charge in [0.2, 0.25) is 5.91 Å². The van der Waals surface area contributed by atoms with Gasteiger partial charge in [-0.2, -0.15) is 0 Å². The molecule has 7 nitrogen and oxygen atoms in total. The number of nitrogens with zero attached hydrogens (tertiary/aromatic N) is 2. The molecule has 7 heteroatoms. The molecular formula is C12H23N3O4. The Labute approximate surface area is 113 Å². The molecule has 0 aliphatic rings. The Balaban J connectivity index is 4.60. The monoisotopic (exact) mass is 273 g/mol. The minimum absolute atomic E-state index is 0.260. The zero-order chi connectivity index (χ0) is 15.0. The average molecular weight is 273 g/mol. The van der Waals surface area contributed by atoms with E-state index in [1.165, 1.54) is 4.90 Å². The zero-order valence-corrected chi connectivity index (χ0v) is 12.2. The second kappa shape index (κ2) is 8.44. The number of ether oxygens (including phenoxy) is 1. The number of carbonyl (C=O) groups is 2. The molecule has 1 unspecified atom stereocenters. The largest absolute Gasteiger partial charge is 0.447 e. The minimum Gasteiger partial charge on any atom is -0.447 e. The SMILES string of the molecule is CC[C@@H](N=O)N(CC)C(=O)C(C)NC(=O)OC(C)C. The fraction of sp³-hybridized carbons (Fsp3) is 0.833. The van der Waals surface area contributed by atoms with E-state index in [0.717, 1.165) is 0 Å². The van der Waals surface area contributed by atoms with Gasteiger partial charge in [-0.25, -0.2) is 4.79 Å². The number of nitroso groups, excluding NO2 is 1. The highest BCUT2D eigenvalue weighted by molar-refractivity contribution is 5.85. The van der Waals surface area contributed by atoms with Crippen molar-refractivity contribution < 1.29 is 14.3 Å². The molecule has 0 aliphatic heterocycles. The van der Waals surface area contributed by atoms with E-state index < -0.39 is 18.3 Å². The van der Waals surface area contributed by atoms with Crippen molar-refractivity contribution in [3.05, 3.63) is 4.91 Å². The molecule has 0 bridgehead atoms. The van der Waals surface area contributed by atoms with Crippen LogP contribution in [0.3, 0.4) is 0 Å². The van der Waals surface area contributed by atoms with Gasteiger partial charge in [-0.3, -0.25) is 4.79 Å². The van der Waals surface area contributed by atoms with Gasteiger partial charge < -0.3 is 15.0 Å². The van der Waals surface area contributed by atoms with Crippen LogP contribution in [0.2, 0.25) is 0 Å². The number of amides is 2. The normalized spacial score (nSPS) is 13.6. The summed E-state index contributed by atoms with van der Waals surface area (Å²) >= 11 is 0. The molecule has 0 saturated carbocycles. The Morgan fingerprint density at radius 1 is 1.26 bits per heavy atom. The summed E-state index contributed by atoms with van der Waals surface area (Å²) in [6.07, 6.45) is -1.18. The molecule has 0 heterocycles. The van der Waals surface area contributed by atoms with Crippen molar-refractivity contribution in [1.82, 2.24) is 10.2 Å². The van der Waals surface area contributed by atoms with Crippen molar-refractivity contribution in [3.63, 3.8) is 0 Å². The molecule has 2 atom stereocenters. The smallest absolute Gasteiger partial charge is 0.408 e. The van der Waals surface area contributed by atoms with Crippen LogP contribution in [0.25, 0.3) is 0 Å². The average Bonchev–Trinajstić information content (AvgIpc) is 2.33. The first-order chi connectivity index (χ1) is 8.87. The Bertz CT molecular complexity index is 320. The Kier molecular flexibility index (Phi) is 7.71. The van der Waals surface area contributed by atoms with Crippen LogP contribution in [0.1, 0.15) is 41.0 Å². The van der Waals surface area contributed by atoms with Crippen LogP contribution in [0.4, 0.5) is 4.79 Å². The van der Waals surface area contributed by atoms with Crippen LogP contribution in [0.15, 0.2) is 5.18 Å². The lowest BCUT2D eigenvalue weighted by atomic mass is 10.2. The van der Waals surface area contributed by atoms with Gasteiger partial charge in [-0.15, -0.1) is 4.91 Å². The first-order valence-corrected chi connectivity index (χ1v) is 6.47. The van der Waals surface area contributed by atoms with Crippen LogP contribution in [0.5, 0.6) is 0 Å². The van der Waals surface area contributed by atoms with Crippen LogP contribution in [0, 0.1) is 4.91 Å². The van der Waals surface area contributed by atoms with Gasteiger partial charge >= 0.3 is 6.09 Å². The zero-order valence-electron chi connectivity index (χ0n) is 12.2. The summed E-state index contributed by atoms with van der Waals surface area (Å²) in [5.41, 5.74) is 0. The van der Waals surface area contributed by atoms with Gasteiger partial charge in [0.25, 0.3) is 0 Å². The van der Waals surface area contributed by atoms with Gasteiger partial charge in [-0.05, 0) is 39.3 Å². The van der Waals surface area contributed by atoms with Gasteiger partial charge in [0.1, 0.15) is 6.04 Å². The Hall–Kier alpha value is -1.66. The molecular weight excluding hydrogens is 250 g/mol. The first kappa shape index (κ1) is 17.3. The summed E-state index contributed by atoms with van der Waals surface area (Å²) < 4.78 is 4.89. The molecule has 0 aromatic rings. The van der Waals surface area contributed by atoms with E-state index >= 15 is 0 Å². The van der Waals surface area contributed by atoms with E-state index in [1.54, 1.807) is 34.6 Å². The lowest BCUT2D eigenvalue weighted by molar-refractivity contribution is -0.135. The number of carbonyl (C=O) groups excluding carboxylic acids is 2. The lowest BCUT2D eigenvalue weighted by Gasteiger charge is -2.27. The van der Waals surface area contributed by atoms with Crippen molar-refractivity contribution in [3.8, 4) is 0 Å². The first-order valence-electron chi connectivity index (χ1n) is 6.47. The van der Waals surface area contributed by atoms with E-state index in [0.29, 0.717) is 13.0 Å². The molecule has 0 aromatic carbocycles. The van der Waals surface area contributed by atoms with Crippen molar-refractivity contribution in [2.45, 2.75) is 59.4 Å². The third-order valence-corrected chi connectivity index (χ3v) is 2.52. The standard InChI is InChI=1S/C12H23N3O4/c1-6-10(14-18)15(7-2)11(16)9(5)13-12(17)19-8(3)4/h8-10H,6-7H2,1-5H3,(H,13,17)/t9?,10-/m0/s1. The van der Waals surface area contributed by atoms with E-state index in [-0.39, 0.29) is 12.0 Å². The molecule has 0 saturated heterocycles. The number of alkyl carbamates (subject to hydrolysis) is 1. The molecule has 0 aromatic heterocycles. The van der Waals surface area contributed by atoms with Crippen molar-refractivity contribution in [2.24, 2.45) is 5.18 Å². The van der Waals surface area contributed by atoms with E-state index in [2.05, 4.69) is 10.5 Å². The summed E-state index contributed by atoms with van der Waals surface area (Å²) in [5.74, 6) is -0.352. The second-order valence-corrected chi connectivity index (χ2v) is 4.44. The van der Waals surface area contributed by atoms with Crippen molar-refractivity contribution >= 4 is 12.0 Å². The fourth-order valence-corrected chi connectivity index (χ4v) is 1.60. The topological polar surface area (TPSA) is 88.1 Å². The maximum absolute atomic E-state index is 12.1. The number of likely N-dealkylation sites (N-methyl/N-ethyl adjacent to an activating group) is 1. The molecule has 0 rings (SSSR count). The highest BCUT2D eigenvalue weighted by Gasteiger charge is 2.27. The third kappa shape index (κ3) is 5.67. The third-order valence-electron chi connectivity index (χ3n) is 2.52. The lowest BCUT2D eigenvalue weighted by Crippen LogP contribution is -2.50. The predicted molar refractivity (Wildman–Crippen MR) is 71.5 cm³/mol. The highest BCUT2D eigenvalue weighted by Crippen LogP contribution is 2.08. The maximum Gasteiger partial charge on any atom is 0.408 e. The molecule has 0 aliphatic carbocycles. The van der Waals surface area contributed by atoms with Gasteiger partial charge in [0, 0.05) is 6.54 Å². The van der Waals surface area contributed by atoms with Crippen LogP contribution in [-0.2, 0) is 9.53 Å². The molecule has 110 valence electrons. The summed E-state index contributed by atoms with van der Waals surface area (Å²) in [6, 6.07) is -0.762. The van der Waals surface area contributed by atoms with Crippen LogP contribution in [-0.4, -0.2) is 41.8 Å². The maximum atomic E-state index is 12.1. The number of rotatable bonds is 7. The molecule has 0 fully saturated rings. The molecule has 0 spiro atoms. The van der Waals surface area contributed by atoms with Crippen molar-refractivity contribution in [2.75, 3.05) is 6.54 Å². The molecule has 0 radical (unpaired) electrons.